The molecule has 0 aromatic carbocycles. The van der Waals surface area contributed by atoms with Crippen LogP contribution in [0, 0.1) is 11.3 Å². The Labute approximate surface area is 84.7 Å². The van der Waals surface area contributed by atoms with Crippen molar-refractivity contribution in [1.29, 1.82) is 5.26 Å². The van der Waals surface area contributed by atoms with Gasteiger partial charge in [0.05, 0.1) is 25.2 Å². The number of ether oxygens (including phenoxy) is 1. The van der Waals surface area contributed by atoms with Crippen molar-refractivity contribution >= 4 is 0 Å². The Bertz CT molecular complexity index is 402. The van der Waals surface area contributed by atoms with E-state index in [0.717, 1.165) is 6.07 Å². The van der Waals surface area contributed by atoms with Crippen LogP contribution in [0.2, 0.25) is 0 Å². The molecule has 15 heavy (non-hydrogen) atoms. The third kappa shape index (κ3) is 2.31. The molecule has 1 heterocycles. The fourth-order valence-electron chi connectivity index (χ4n) is 1.06. The van der Waals surface area contributed by atoms with E-state index in [4.69, 9.17) is 5.26 Å². The summed E-state index contributed by atoms with van der Waals surface area (Å²) >= 11 is 0. The largest absolute Gasteiger partial charge is 0.505 e. The molecule has 80 valence electrons. The van der Waals surface area contributed by atoms with Crippen LogP contribution < -0.4 is 4.74 Å². The molecule has 0 atom stereocenters. The van der Waals surface area contributed by atoms with Gasteiger partial charge >= 0.3 is 0 Å². The van der Waals surface area contributed by atoms with Gasteiger partial charge in [0, 0.05) is 6.07 Å². The van der Waals surface area contributed by atoms with Crippen LogP contribution >= 0.6 is 0 Å². The summed E-state index contributed by atoms with van der Waals surface area (Å²) < 4.78 is 29.6. The second kappa shape index (κ2) is 4.55. The first-order valence-corrected chi connectivity index (χ1v) is 4.02. The quantitative estimate of drug-likeness (QED) is 0.833. The maximum absolute atomic E-state index is 12.4. The summed E-state index contributed by atoms with van der Waals surface area (Å²) in [4.78, 5) is 3.70. The fourth-order valence-corrected chi connectivity index (χ4v) is 1.06. The molecule has 0 radical (unpaired) electrons. The molecule has 0 amide bonds. The van der Waals surface area contributed by atoms with E-state index in [-0.39, 0.29) is 18.0 Å². The van der Waals surface area contributed by atoms with Gasteiger partial charge in [0.2, 0.25) is 5.88 Å². The van der Waals surface area contributed by atoms with Gasteiger partial charge < -0.3 is 9.84 Å². The monoisotopic (exact) mass is 214 g/mol. The summed E-state index contributed by atoms with van der Waals surface area (Å²) in [5.41, 5.74) is -0.681. The lowest BCUT2D eigenvalue weighted by Crippen LogP contribution is -1.98. The third-order valence-corrected chi connectivity index (χ3v) is 1.76. The number of nitriles is 1. The molecule has 0 unspecified atom stereocenters. The number of nitrogens with zero attached hydrogens (tertiary/aromatic N) is 2. The lowest BCUT2D eigenvalue weighted by atomic mass is 10.1. The molecular weight excluding hydrogens is 206 g/mol. The molecule has 0 fully saturated rings. The number of alkyl halides is 2. The van der Waals surface area contributed by atoms with E-state index >= 15 is 0 Å². The van der Waals surface area contributed by atoms with Crippen molar-refractivity contribution in [2.24, 2.45) is 0 Å². The summed E-state index contributed by atoms with van der Waals surface area (Å²) in [7, 11) is 1.27. The lowest BCUT2D eigenvalue weighted by molar-refractivity contribution is 0.146. The number of methoxy groups -OCH3 is 1. The average molecular weight is 214 g/mol. The van der Waals surface area contributed by atoms with Gasteiger partial charge in [0.15, 0.2) is 0 Å². The van der Waals surface area contributed by atoms with Crippen LogP contribution in [0.25, 0.3) is 0 Å². The van der Waals surface area contributed by atoms with Crippen LogP contribution in [-0.2, 0) is 6.42 Å². The number of rotatable bonds is 3. The van der Waals surface area contributed by atoms with Crippen molar-refractivity contribution in [3.8, 4) is 17.7 Å². The predicted molar refractivity (Wildman–Crippen MR) is 46.7 cm³/mol. The van der Waals surface area contributed by atoms with Gasteiger partial charge in [0.25, 0.3) is 6.43 Å². The molecule has 0 aliphatic rings. The molecule has 1 N–H and O–H groups in total. The third-order valence-electron chi connectivity index (χ3n) is 1.76. The topological polar surface area (TPSA) is 66.1 Å². The van der Waals surface area contributed by atoms with Crippen molar-refractivity contribution in [1.82, 2.24) is 4.98 Å². The number of hydrogen-bond acceptors (Lipinski definition) is 4. The zero-order chi connectivity index (χ0) is 11.4. The van der Waals surface area contributed by atoms with E-state index in [1.165, 1.54) is 7.11 Å². The molecule has 0 spiro atoms. The minimum atomic E-state index is -2.83. The Balaban J connectivity index is 3.28. The molecule has 0 bridgehead atoms. The standard InChI is InChI=1S/C9H8F2N2O2/c1-15-7-4-5(9(10)11)8(14)6(13-7)2-3-12/h4,9,14H,2H2,1H3. The normalized spacial score (nSPS) is 10.1. The van der Waals surface area contributed by atoms with Crippen LogP contribution in [0.15, 0.2) is 6.07 Å². The molecule has 0 aliphatic heterocycles. The first-order valence-electron chi connectivity index (χ1n) is 4.02. The Morgan fingerprint density at radius 3 is 2.80 bits per heavy atom. The van der Waals surface area contributed by atoms with Crippen LogP contribution in [0.4, 0.5) is 8.78 Å². The highest BCUT2D eigenvalue weighted by atomic mass is 19.3. The van der Waals surface area contributed by atoms with Gasteiger partial charge in [-0.3, -0.25) is 0 Å². The molecule has 0 aliphatic carbocycles. The first-order chi connectivity index (χ1) is 7.10. The van der Waals surface area contributed by atoms with E-state index < -0.39 is 17.7 Å². The summed E-state index contributed by atoms with van der Waals surface area (Å²) in [5.74, 6) is -0.694. The average Bonchev–Trinajstić information content (AvgIpc) is 2.21. The van der Waals surface area contributed by atoms with Crippen LogP contribution in [-0.4, -0.2) is 17.2 Å². The number of halogens is 2. The smallest absolute Gasteiger partial charge is 0.267 e. The Kier molecular flexibility index (Phi) is 3.39. The van der Waals surface area contributed by atoms with Gasteiger partial charge in [-0.05, 0) is 0 Å². The van der Waals surface area contributed by atoms with E-state index in [1.807, 2.05) is 0 Å². The van der Waals surface area contributed by atoms with E-state index in [2.05, 4.69) is 9.72 Å². The zero-order valence-electron chi connectivity index (χ0n) is 7.87. The minimum absolute atomic E-state index is 0.0478. The summed E-state index contributed by atoms with van der Waals surface area (Å²) in [6, 6.07) is 2.66. The van der Waals surface area contributed by atoms with Gasteiger partial charge in [-0.15, -0.1) is 0 Å². The highest BCUT2D eigenvalue weighted by Gasteiger charge is 2.18. The first kappa shape index (κ1) is 11.2. The molecule has 1 rings (SSSR count). The minimum Gasteiger partial charge on any atom is -0.505 e. The van der Waals surface area contributed by atoms with E-state index in [1.54, 1.807) is 6.07 Å². The summed E-state index contributed by atoms with van der Waals surface area (Å²) in [6.07, 6.45) is -3.08. The Morgan fingerprint density at radius 1 is 1.67 bits per heavy atom. The van der Waals surface area contributed by atoms with E-state index in [0.29, 0.717) is 0 Å². The second-order valence-corrected chi connectivity index (χ2v) is 2.68. The van der Waals surface area contributed by atoms with Gasteiger partial charge in [-0.25, -0.2) is 13.8 Å². The maximum atomic E-state index is 12.4. The van der Waals surface area contributed by atoms with Crippen LogP contribution in [0.5, 0.6) is 11.6 Å². The molecular formula is C9H8F2N2O2. The van der Waals surface area contributed by atoms with Crippen molar-refractivity contribution in [2.45, 2.75) is 12.8 Å². The van der Waals surface area contributed by atoms with Crippen molar-refractivity contribution in [3.63, 3.8) is 0 Å². The summed E-state index contributed by atoms with van der Waals surface area (Å²) in [6.45, 7) is 0. The molecule has 4 nitrogen and oxygen atoms in total. The second-order valence-electron chi connectivity index (χ2n) is 2.68. The SMILES string of the molecule is COc1cc(C(F)F)c(O)c(CC#N)n1. The van der Waals surface area contributed by atoms with Crippen molar-refractivity contribution in [3.05, 3.63) is 17.3 Å². The molecule has 0 saturated carbocycles. The van der Waals surface area contributed by atoms with Gasteiger partial charge in [0.1, 0.15) is 11.4 Å². The number of aromatic hydroxyl groups is 1. The van der Waals surface area contributed by atoms with Crippen molar-refractivity contribution < 1.29 is 18.6 Å². The summed E-state index contributed by atoms with van der Waals surface area (Å²) in [5, 5.41) is 17.8. The Hall–Kier alpha value is -1.90. The molecule has 1 aromatic rings. The highest BCUT2D eigenvalue weighted by Crippen LogP contribution is 2.33. The molecule has 0 saturated heterocycles. The number of aromatic nitrogens is 1. The van der Waals surface area contributed by atoms with Crippen molar-refractivity contribution in [2.75, 3.05) is 7.11 Å². The van der Waals surface area contributed by atoms with E-state index in [9.17, 15) is 13.9 Å². The van der Waals surface area contributed by atoms with Gasteiger partial charge in [-0.1, -0.05) is 0 Å². The van der Waals surface area contributed by atoms with Crippen LogP contribution in [0.1, 0.15) is 17.7 Å². The highest BCUT2D eigenvalue weighted by molar-refractivity contribution is 5.41. The number of pyridine rings is 1. The Morgan fingerprint density at radius 2 is 2.33 bits per heavy atom. The molecule has 6 heteroatoms. The maximum Gasteiger partial charge on any atom is 0.267 e. The fraction of sp³-hybridized carbons (Fsp3) is 0.333. The van der Waals surface area contributed by atoms with Gasteiger partial charge in [-0.2, -0.15) is 5.26 Å². The zero-order valence-corrected chi connectivity index (χ0v) is 7.87. The molecule has 1 aromatic heterocycles. The lowest BCUT2D eigenvalue weighted by Gasteiger charge is -2.08. The number of hydrogen-bond donors (Lipinski definition) is 1. The van der Waals surface area contributed by atoms with Crippen LogP contribution in [0.3, 0.4) is 0 Å². The predicted octanol–water partition coefficient (Wildman–Crippen LogP) is 1.80.